The molecule has 0 aromatic heterocycles. The second-order valence-electron chi connectivity index (χ2n) is 6.52. The Bertz CT molecular complexity index is 524. The molecule has 1 atom stereocenters. The second kappa shape index (κ2) is 7.14. The normalized spacial score (nSPS) is 16.0. The highest BCUT2D eigenvalue weighted by molar-refractivity contribution is 5.97. The average molecular weight is 304 g/mol. The number of fused-ring (bicyclic) bond motifs is 1. The summed E-state index contributed by atoms with van der Waals surface area (Å²) in [4.78, 5) is 14.0. The quantitative estimate of drug-likeness (QED) is 0.875. The van der Waals surface area contributed by atoms with Gasteiger partial charge >= 0.3 is 0 Å². The number of amides is 1. The van der Waals surface area contributed by atoms with Gasteiger partial charge in [0, 0.05) is 12.6 Å². The number of anilines is 1. The van der Waals surface area contributed by atoms with E-state index < -0.39 is 0 Å². The first kappa shape index (κ1) is 16.8. The van der Waals surface area contributed by atoms with Gasteiger partial charge in [-0.15, -0.1) is 0 Å². The van der Waals surface area contributed by atoms with Gasteiger partial charge in [-0.2, -0.15) is 0 Å². The zero-order chi connectivity index (χ0) is 16.3. The molecule has 4 heteroatoms. The van der Waals surface area contributed by atoms with Crippen LogP contribution >= 0.6 is 0 Å². The van der Waals surface area contributed by atoms with Gasteiger partial charge in [-0.25, -0.2) is 0 Å². The fourth-order valence-corrected chi connectivity index (χ4v) is 3.06. The van der Waals surface area contributed by atoms with Crippen molar-refractivity contribution >= 4 is 11.6 Å². The number of nitrogens with zero attached hydrogens (tertiary/aromatic N) is 1. The Morgan fingerprint density at radius 1 is 1.27 bits per heavy atom. The first-order chi connectivity index (χ1) is 10.5. The molecule has 2 N–H and O–H groups in total. The molecule has 1 aliphatic rings. The van der Waals surface area contributed by atoms with Crippen molar-refractivity contribution < 1.29 is 9.53 Å². The molecule has 22 heavy (non-hydrogen) atoms. The van der Waals surface area contributed by atoms with Crippen molar-refractivity contribution in [2.75, 3.05) is 18.1 Å². The van der Waals surface area contributed by atoms with E-state index in [0.717, 1.165) is 29.8 Å². The van der Waals surface area contributed by atoms with E-state index in [9.17, 15) is 4.79 Å². The van der Waals surface area contributed by atoms with Crippen molar-refractivity contribution in [2.24, 2.45) is 17.6 Å². The van der Waals surface area contributed by atoms with Crippen molar-refractivity contribution in [1.29, 1.82) is 0 Å². The van der Waals surface area contributed by atoms with E-state index in [1.165, 1.54) is 0 Å². The van der Waals surface area contributed by atoms with Crippen LogP contribution in [-0.2, 0) is 4.79 Å². The highest BCUT2D eigenvalue weighted by Gasteiger charge is 2.27. The van der Waals surface area contributed by atoms with Crippen LogP contribution in [0.3, 0.4) is 0 Å². The smallest absolute Gasteiger partial charge is 0.265 e. The molecule has 0 aliphatic carbocycles. The number of carbonyl (C=O) groups excluding carboxylic acids is 1. The molecule has 0 radical (unpaired) electrons. The van der Waals surface area contributed by atoms with Crippen LogP contribution in [0.25, 0.3) is 0 Å². The summed E-state index contributed by atoms with van der Waals surface area (Å²) in [6, 6.07) is 6.02. The maximum Gasteiger partial charge on any atom is 0.265 e. The lowest BCUT2D eigenvalue weighted by atomic mass is 9.89. The third-order valence-electron chi connectivity index (χ3n) is 4.42. The predicted octanol–water partition coefficient (Wildman–Crippen LogP) is 3.50. The number of benzene rings is 1. The molecule has 122 valence electrons. The molecular formula is C18H28N2O2. The maximum absolute atomic E-state index is 12.2. The summed E-state index contributed by atoms with van der Waals surface area (Å²) in [5.41, 5.74) is 8.38. The summed E-state index contributed by atoms with van der Waals surface area (Å²) in [6.45, 7) is 9.40. The van der Waals surface area contributed by atoms with Crippen LogP contribution in [0.2, 0.25) is 0 Å². The molecule has 1 aromatic rings. The number of hydrogen-bond donors (Lipinski definition) is 1. The summed E-state index contributed by atoms with van der Waals surface area (Å²) in [5.74, 6) is 1.67. The zero-order valence-electron chi connectivity index (χ0n) is 14.1. The molecule has 0 saturated heterocycles. The summed E-state index contributed by atoms with van der Waals surface area (Å²) < 4.78 is 5.56. The molecule has 1 amide bonds. The molecule has 0 fully saturated rings. The highest BCUT2D eigenvalue weighted by Crippen LogP contribution is 2.36. The third-order valence-corrected chi connectivity index (χ3v) is 4.42. The molecule has 4 nitrogen and oxygen atoms in total. The maximum atomic E-state index is 12.2. The lowest BCUT2D eigenvalue weighted by Gasteiger charge is -2.32. The fraction of sp³-hybridized carbons (Fsp3) is 0.611. The third kappa shape index (κ3) is 3.43. The molecule has 1 aliphatic heterocycles. The Labute approximate surface area is 133 Å². The number of rotatable bonds is 6. The summed E-state index contributed by atoms with van der Waals surface area (Å²) >= 11 is 0. The summed E-state index contributed by atoms with van der Waals surface area (Å²) in [7, 11) is 0. The van der Waals surface area contributed by atoms with E-state index in [4.69, 9.17) is 10.5 Å². The van der Waals surface area contributed by atoms with Crippen molar-refractivity contribution in [2.45, 2.75) is 46.6 Å². The monoisotopic (exact) mass is 304 g/mol. The first-order valence-corrected chi connectivity index (χ1v) is 8.30. The van der Waals surface area contributed by atoms with Crippen molar-refractivity contribution in [3.05, 3.63) is 23.8 Å². The van der Waals surface area contributed by atoms with Crippen molar-refractivity contribution in [1.82, 2.24) is 0 Å². The Balaban J connectivity index is 2.35. The molecular weight excluding hydrogens is 276 g/mol. The van der Waals surface area contributed by atoms with Gasteiger partial charge in [0.2, 0.25) is 0 Å². The van der Waals surface area contributed by atoms with Gasteiger partial charge < -0.3 is 15.4 Å². The van der Waals surface area contributed by atoms with Gasteiger partial charge in [0.05, 0.1) is 5.69 Å². The van der Waals surface area contributed by atoms with Crippen LogP contribution in [0, 0.1) is 11.8 Å². The van der Waals surface area contributed by atoms with Crippen LogP contribution in [0.15, 0.2) is 18.2 Å². The van der Waals surface area contributed by atoms with E-state index >= 15 is 0 Å². The number of ether oxygens (including phenoxy) is 1. The average Bonchev–Trinajstić information content (AvgIpc) is 2.50. The predicted molar refractivity (Wildman–Crippen MR) is 90.1 cm³/mol. The van der Waals surface area contributed by atoms with Crippen LogP contribution in [0.5, 0.6) is 5.75 Å². The lowest BCUT2D eigenvalue weighted by molar-refractivity contribution is -0.121. The molecule has 2 rings (SSSR count). The highest BCUT2D eigenvalue weighted by atomic mass is 16.5. The second-order valence-corrected chi connectivity index (χ2v) is 6.52. The summed E-state index contributed by atoms with van der Waals surface area (Å²) in [5, 5.41) is 0. The van der Waals surface area contributed by atoms with Gasteiger partial charge in [-0.1, -0.05) is 46.6 Å². The number of carbonyl (C=O) groups is 1. The van der Waals surface area contributed by atoms with Crippen LogP contribution < -0.4 is 15.4 Å². The van der Waals surface area contributed by atoms with Crippen LogP contribution in [0.1, 0.15) is 52.1 Å². The van der Waals surface area contributed by atoms with Crippen LogP contribution in [0.4, 0.5) is 5.69 Å². The van der Waals surface area contributed by atoms with Gasteiger partial charge in [-0.3, -0.25) is 4.79 Å². The van der Waals surface area contributed by atoms with E-state index in [0.29, 0.717) is 18.4 Å². The Morgan fingerprint density at radius 3 is 2.55 bits per heavy atom. The van der Waals surface area contributed by atoms with Gasteiger partial charge in [-0.05, 0) is 29.5 Å². The van der Waals surface area contributed by atoms with E-state index in [1.807, 2.05) is 23.1 Å². The molecule has 0 bridgehead atoms. The van der Waals surface area contributed by atoms with Gasteiger partial charge in [0.1, 0.15) is 5.75 Å². The van der Waals surface area contributed by atoms with Gasteiger partial charge in [0.15, 0.2) is 6.61 Å². The van der Waals surface area contributed by atoms with E-state index in [-0.39, 0.29) is 18.6 Å². The standard InChI is InChI=1S/C18H28N2O2/c1-5-13(6-2)18(19)14-7-8-16-15(9-14)20(10-12(3)4)17(21)11-22-16/h7-9,12-13,18H,5-6,10-11,19H2,1-4H3. The Hall–Kier alpha value is -1.55. The minimum Gasteiger partial charge on any atom is -0.482 e. The van der Waals surface area contributed by atoms with E-state index in [2.05, 4.69) is 27.7 Å². The zero-order valence-corrected chi connectivity index (χ0v) is 14.1. The number of nitrogens with two attached hydrogens (primary N) is 1. The molecule has 0 spiro atoms. The Kier molecular flexibility index (Phi) is 5.46. The SMILES string of the molecule is CCC(CC)C(N)c1ccc2c(c1)N(CC(C)C)C(=O)CO2. The minimum atomic E-state index is -0.00164. The topological polar surface area (TPSA) is 55.6 Å². The molecule has 1 unspecified atom stereocenters. The summed E-state index contributed by atoms with van der Waals surface area (Å²) in [6.07, 6.45) is 2.11. The first-order valence-electron chi connectivity index (χ1n) is 8.30. The lowest BCUT2D eigenvalue weighted by Crippen LogP contribution is -2.41. The van der Waals surface area contributed by atoms with Crippen molar-refractivity contribution in [3.63, 3.8) is 0 Å². The number of hydrogen-bond acceptors (Lipinski definition) is 3. The fourth-order valence-electron chi connectivity index (χ4n) is 3.06. The molecule has 1 heterocycles. The molecule has 1 aromatic carbocycles. The van der Waals surface area contributed by atoms with E-state index in [1.54, 1.807) is 0 Å². The minimum absolute atomic E-state index is 0.00164. The Morgan fingerprint density at radius 2 is 1.95 bits per heavy atom. The van der Waals surface area contributed by atoms with Crippen molar-refractivity contribution in [3.8, 4) is 5.75 Å². The van der Waals surface area contributed by atoms with Gasteiger partial charge in [0.25, 0.3) is 5.91 Å². The molecule has 0 saturated carbocycles. The van der Waals surface area contributed by atoms with Crippen LogP contribution in [-0.4, -0.2) is 19.1 Å². The largest absolute Gasteiger partial charge is 0.482 e.